The third-order valence-corrected chi connectivity index (χ3v) is 3.99. The first-order valence-electron chi connectivity index (χ1n) is 6.93. The molecule has 0 saturated heterocycles. The summed E-state index contributed by atoms with van der Waals surface area (Å²) in [4.78, 5) is 26.4. The monoisotopic (exact) mass is 332 g/mol. The fourth-order valence-electron chi connectivity index (χ4n) is 1.73. The fourth-order valence-corrected chi connectivity index (χ4v) is 2.60. The van der Waals surface area contributed by atoms with E-state index < -0.39 is 4.92 Å². The molecule has 23 heavy (non-hydrogen) atoms. The van der Waals surface area contributed by atoms with E-state index in [4.69, 9.17) is 0 Å². The number of carbonyl (C=O) groups is 1. The van der Waals surface area contributed by atoms with Crippen molar-refractivity contribution in [3.63, 3.8) is 0 Å². The second kappa shape index (κ2) is 7.10. The number of rotatable bonds is 5. The van der Waals surface area contributed by atoms with Gasteiger partial charge in [-0.3, -0.25) is 14.9 Å². The largest absolute Gasteiger partial charge is 0.300 e. The van der Waals surface area contributed by atoms with Gasteiger partial charge in [0.15, 0.2) is 5.01 Å². The third kappa shape index (κ3) is 4.19. The van der Waals surface area contributed by atoms with Gasteiger partial charge in [0.05, 0.1) is 16.3 Å². The maximum absolute atomic E-state index is 12.0. The van der Waals surface area contributed by atoms with Crippen LogP contribution in [-0.2, 0) is 0 Å². The van der Waals surface area contributed by atoms with E-state index in [1.165, 1.54) is 23.5 Å². The van der Waals surface area contributed by atoms with Crippen LogP contribution in [0.3, 0.4) is 0 Å². The van der Waals surface area contributed by atoms with Crippen LogP contribution >= 0.6 is 11.3 Å². The molecule has 0 saturated carbocycles. The molecule has 0 bridgehead atoms. The Morgan fingerprint density at radius 1 is 1.35 bits per heavy atom. The Balaban J connectivity index is 2.05. The molecule has 0 spiro atoms. The molecular weight excluding hydrogens is 316 g/mol. The molecule has 1 aromatic heterocycles. The van der Waals surface area contributed by atoms with Crippen LogP contribution in [0.25, 0.3) is 0 Å². The van der Waals surface area contributed by atoms with Gasteiger partial charge in [0.1, 0.15) is 0 Å². The molecule has 0 aliphatic heterocycles. The van der Waals surface area contributed by atoms with Crippen LogP contribution in [0, 0.1) is 10.1 Å². The number of hydrazone groups is 1. The highest BCUT2D eigenvalue weighted by Gasteiger charge is 2.12. The molecule has 7 nitrogen and oxygen atoms in total. The van der Waals surface area contributed by atoms with E-state index in [1.807, 2.05) is 19.2 Å². The van der Waals surface area contributed by atoms with Crippen molar-refractivity contribution >= 4 is 28.6 Å². The molecule has 1 N–H and O–H groups in total. The summed E-state index contributed by atoms with van der Waals surface area (Å²) >= 11 is 1.27. The second-order valence-corrected chi connectivity index (χ2v) is 6.03. The number of thiazole rings is 1. The Morgan fingerprint density at radius 3 is 2.52 bits per heavy atom. The number of amides is 1. The van der Waals surface area contributed by atoms with Crippen LogP contribution in [0.4, 0.5) is 5.69 Å². The van der Waals surface area contributed by atoms with Gasteiger partial charge in [-0.25, -0.2) is 10.4 Å². The van der Waals surface area contributed by atoms with Gasteiger partial charge in [-0.2, -0.15) is 5.10 Å². The van der Waals surface area contributed by atoms with E-state index in [1.54, 1.807) is 19.1 Å². The van der Waals surface area contributed by atoms with Gasteiger partial charge in [-0.15, -0.1) is 11.3 Å². The number of carbonyl (C=O) groups excluding carboxylic acids is 1. The zero-order chi connectivity index (χ0) is 17.0. The van der Waals surface area contributed by atoms with Gasteiger partial charge in [-0.1, -0.05) is 13.8 Å². The van der Waals surface area contributed by atoms with Gasteiger partial charge in [-0.05, 0) is 30.5 Å². The first-order valence-corrected chi connectivity index (χ1v) is 7.81. The second-order valence-electron chi connectivity index (χ2n) is 5.17. The number of non-ortho nitro benzene ring substituents is 1. The van der Waals surface area contributed by atoms with Gasteiger partial charge >= 0.3 is 0 Å². The van der Waals surface area contributed by atoms with Crippen molar-refractivity contribution in [3.05, 3.63) is 56.0 Å². The van der Waals surface area contributed by atoms with Crippen LogP contribution in [0.1, 0.15) is 47.7 Å². The van der Waals surface area contributed by atoms with Gasteiger partial charge < -0.3 is 0 Å². The molecule has 1 amide bonds. The van der Waals surface area contributed by atoms with Crippen LogP contribution in [-0.4, -0.2) is 21.5 Å². The first-order chi connectivity index (χ1) is 10.9. The Labute approximate surface area is 137 Å². The number of nitro groups is 1. The molecule has 1 aromatic carbocycles. The standard InChI is InChI=1S/C15H16N4O3S/c1-9(2)13-8-23-15(16-13)14(20)18-17-10(3)11-4-6-12(7-5-11)19(21)22/h4-9H,1-3H3,(H,18,20)/b17-10-. The van der Waals surface area contributed by atoms with Crippen molar-refractivity contribution in [2.45, 2.75) is 26.7 Å². The maximum Gasteiger partial charge on any atom is 0.300 e. The van der Waals surface area contributed by atoms with E-state index >= 15 is 0 Å². The molecule has 0 aliphatic carbocycles. The molecule has 8 heteroatoms. The molecule has 0 fully saturated rings. The number of nitrogens with one attached hydrogen (secondary N) is 1. The predicted molar refractivity (Wildman–Crippen MR) is 89.0 cm³/mol. The summed E-state index contributed by atoms with van der Waals surface area (Å²) in [6.07, 6.45) is 0. The van der Waals surface area contributed by atoms with E-state index in [0.29, 0.717) is 16.3 Å². The maximum atomic E-state index is 12.0. The molecule has 0 aliphatic rings. The van der Waals surface area contributed by atoms with Gasteiger partial charge in [0.2, 0.25) is 0 Å². The van der Waals surface area contributed by atoms with Crippen molar-refractivity contribution in [2.75, 3.05) is 0 Å². The Kier molecular flexibility index (Phi) is 5.17. The molecule has 0 radical (unpaired) electrons. The Morgan fingerprint density at radius 2 is 2.00 bits per heavy atom. The Bertz CT molecular complexity index is 750. The lowest BCUT2D eigenvalue weighted by Gasteiger charge is -2.01. The molecule has 120 valence electrons. The van der Waals surface area contributed by atoms with Crippen molar-refractivity contribution in [2.24, 2.45) is 5.10 Å². The van der Waals surface area contributed by atoms with Crippen LogP contribution < -0.4 is 5.43 Å². The number of hydrogen-bond donors (Lipinski definition) is 1. The summed E-state index contributed by atoms with van der Waals surface area (Å²) in [5.41, 5.74) is 4.57. The van der Waals surface area contributed by atoms with E-state index in [9.17, 15) is 14.9 Å². The third-order valence-electron chi connectivity index (χ3n) is 3.13. The average Bonchev–Trinajstić information content (AvgIpc) is 3.02. The molecule has 2 aromatic rings. The van der Waals surface area contributed by atoms with Crippen molar-refractivity contribution in [1.82, 2.24) is 10.4 Å². The van der Waals surface area contributed by atoms with Crippen LogP contribution in [0.15, 0.2) is 34.7 Å². The zero-order valence-electron chi connectivity index (χ0n) is 12.9. The lowest BCUT2D eigenvalue weighted by Crippen LogP contribution is -2.19. The summed E-state index contributed by atoms with van der Waals surface area (Å²) in [7, 11) is 0. The highest BCUT2D eigenvalue weighted by Crippen LogP contribution is 2.17. The number of aromatic nitrogens is 1. The van der Waals surface area contributed by atoms with Crippen molar-refractivity contribution in [3.8, 4) is 0 Å². The average molecular weight is 332 g/mol. The van der Waals surface area contributed by atoms with E-state index in [2.05, 4.69) is 15.5 Å². The van der Waals surface area contributed by atoms with Crippen molar-refractivity contribution in [1.29, 1.82) is 0 Å². The lowest BCUT2D eigenvalue weighted by molar-refractivity contribution is -0.384. The van der Waals surface area contributed by atoms with Crippen LogP contribution in [0.5, 0.6) is 0 Å². The van der Waals surface area contributed by atoms with Gasteiger partial charge in [0, 0.05) is 17.5 Å². The van der Waals surface area contributed by atoms with E-state index in [-0.39, 0.29) is 17.5 Å². The molecule has 1 heterocycles. The number of nitrogens with zero attached hydrogens (tertiary/aromatic N) is 3. The number of nitro benzene ring substituents is 1. The predicted octanol–water partition coefficient (Wildman–Crippen LogP) is 3.33. The van der Waals surface area contributed by atoms with E-state index in [0.717, 1.165) is 5.69 Å². The highest BCUT2D eigenvalue weighted by molar-refractivity contribution is 7.11. The summed E-state index contributed by atoms with van der Waals surface area (Å²) in [5, 5.41) is 16.8. The minimum atomic E-state index is -0.465. The fraction of sp³-hybridized carbons (Fsp3) is 0.267. The quantitative estimate of drug-likeness (QED) is 0.516. The summed E-state index contributed by atoms with van der Waals surface area (Å²) in [6.45, 7) is 5.73. The topological polar surface area (TPSA) is 97.5 Å². The normalized spacial score (nSPS) is 11.6. The number of benzene rings is 1. The minimum absolute atomic E-state index is 0.00888. The SMILES string of the molecule is C/C(=N/NC(=O)c1nc(C(C)C)cs1)c1ccc([N+](=O)[O-])cc1. The summed E-state index contributed by atoms with van der Waals surface area (Å²) in [6, 6.07) is 5.96. The molecule has 0 atom stereocenters. The summed E-state index contributed by atoms with van der Waals surface area (Å²) < 4.78 is 0. The highest BCUT2D eigenvalue weighted by atomic mass is 32.1. The lowest BCUT2D eigenvalue weighted by atomic mass is 10.1. The Hall–Kier alpha value is -2.61. The zero-order valence-corrected chi connectivity index (χ0v) is 13.8. The van der Waals surface area contributed by atoms with Gasteiger partial charge in [0.25, 0.3) is 11.6 Å². The molecule has 2 rings (SSSR count). The van der Waals surface area contributed by atoms with Crippen molar-refractivity contribution < 1.29 is 9.72 Å². The minimum Gasteiger partial charge on any atom is -0.265 e. The smallest absolute Gasteiger partial charge is 0.265 e. The molecular formula is C15H16N4O3S. The summed E-state index contributed by atoms with van der Waals surface area (Å²) in [5.74, 6) is -0.110. The van der Waals surface area contributed by atoms with Crippen LogP contribution in [0.2, 0.25) is 0 Å². The first kappa shape index (κ1) is 16.8. The molecule has 0 unspecified atom stereocenters. The number of hydrogen-bond acceptors (Lipinski definition) is 6.